The van der Waals surface area contributed by atoms with Gasteiger partial charge in [-0.05, 0) is 26.0 Å². The van der Waals surface area contributed by atoms with Gasteiger partial charge in [-0.1, -0.05) is 6.07 Å². The van der Waals surface area contributed by atoms with Crippen LogP contribution in [0.2, 0.25) is 0 Å². The van der Waals surface area contributed by atoms with E-state index in [0.29, 0.717) is 12.1 Å². The average Bonchev–Trinajstić information content (AvgIpc) is 2.81. The summed E-state index contributed by atoms with van der Waals surface area (Å²) in [4.78, 5) is 14.0. The van der Waals surface area contributed by atoms with Crippen LogP contribution in [0.25, 0.3) is 10.9 Å². The number of nitrogens with one attached hydrogen (secondary N) is 1. The van der Waals surface area contributed by atoms with Crippen molar-refractivity contribution in [3.8, 4) is 0 Å². The third kappa shape index (κ3) is 2.36. The van der Waals surface area contributed by atoms with Gasteiger partial charge >= 0.3 is 0 Å². The van der Waals surface area contributed by atoms with Crippen molar-refractivity contribution in [2.75, 3.05) is 13.2 Å². The lowest BCUT2D eigenvalue weighted by molar-refractivity contribution is 0.0665. The van der Waals surface area contributed by atoms with Gasteiger partial charge in [0.05, 0.1) is 18.3 Å². The van der Waals surface area contributed by atoms with E-state index in [1.165, 1.54) is 0 Å². The Morgan fingerprint density at radius 2 is 2.28 bits per heavy atom. The number of fused-ring (bicyclic) bond motifs is 1. The van der Waals surface area contributed by atoms with Gasteiger partial charge < -0.3 is 10.0 Å². The summed E-state index contributed by atoms with van der Waals surface area (Å²) in [7, 11) is 0. The maximum absolute atomic E-state index is 12.3. The molecule has 0 spiro atoms. The lowest BCUT2D eigenvalue weighted by Crippen LogP contribution is -2.38. The second kappa shape index (κ2) is 5.18. The SMILES string of the molecule is CC(C)N(CCO)C(=O)c1ccc2cn[nH]c2c1. The molecule has 0 saturated carbocycles. The molecule has 5 nitrogen and oxygen atoms in total. The van der Waals surface area contributed by atoms with Crippen molar-refractivity contribution in [2.24, 2.45) is 0 Å². The second-order valence-corrected chi connectivity index (χ2v) is 4.49. The highest BCUT2D eigenvalue weighted by atomic mass is 16.3. The molecule has 0 fully saturated rings. The summed E-state index contributed by atoms with van der Waals surface area (Å²) >= 11 is 0. The number of carbonyl (C=O) groups excluding carboxylic acids is 1. The molecule has 0 aliphatic heterocycles. The molecule has 0 unspecified atom stereocenters. The molecule has 2 rings (SSSR count). The highest BCUT2D eigenvalue weighted by Gasteiger charge is 2.18. The fourth-order valence-electron chi connectivity index (χ4n) is 1.94. The summed E-state index contributed by atoms with van der Waals surface area (Å²) in [5.41, 5.74) is 1.45. The molecule has 0 aliphatic carbocycles. The van der Waals surface area contributed by atoms with Crippen LogP contribution in [0.15, 0.2) is 24.4 Å². The Bertz CT molecular complexity index is 548. The lowest BCUT2D eigenvalue weighted by atomic mass is 10.1. The number of aliphatic hydroxyl groups is 1. The summed E-state index contributed by atoms with van der Waals surface area (Å²) in [6, 6.07) is 5.50. The van der Waals surface area contributed by atoms with Crippen LogP contribution in [0.3, 0.4) is 0 Å². The van der Waals surface area contributed by atoms with Crippen molar-refractivity contribution in [1.29, 1.82) is 0 Å². The largest absolute Gasteiger partial charge is 0.395 e. The van der Waals surface area contributed by atoms with Crippen LogP contribution in [0.5, 0.6) is 0 Å². The molecule has 1 aromatic carbocycles. The van der Waals surface area contributed by atoms with Gasteiger partial charge in [-0.15, -0.1) is 0 Å². The number of nitrogens with zero attached hydrogens (tertiary/aromatic N) is 2. The van der Waals surface area contributed by atoms with Crippen LogP contribution in [0.4, 0.5) is 0 Å². The van der Waals surface area contributed by atoms with E-state index in [9.17, 15) is 4.79 Å². The van der Waals surface area contributed by atoms with Crippen molar-refractivity contribution >= 4 is 16.8 Å². The van der Waals surface area contributed by atoms with Crippen LogP contribution < -0.4 is 0 Å². The molecular weight excluding hydrogens is 230 g/mol. The number of hydrogen-bond donors (Lipinski definition) is 2. The average molecular weight is 247 g/mol. The van der Waals surface area contributed by atoms with E-state index < -0.39 is 0 Å². The summed E-state index contributed by atoms with van der Waals surface area (Å²) in [5, 5.41) is 16.8. The van der Waals surface area contributed by atoms with Gasteiger partial charge in [0.1, 0.15) is 0 Å². The third-order valence-corrected chi connectivity index (χ3v) is 2.91. The quantitative estimate of drug-likeness (QED) is 0.858. The number of rotatable bonds is 4. The molecule has 96 valence electrons. The van der Waals surface area contributed by atoms with E-state index in [1.807, 2.05) is 19.9 Å². The maximum Gasteiger partial charge on any atom is 0.254 e. The van der Waals surface area contributed by atoms with E-state index >= 15 is 0 Å². The Kier molecular flexibility index (Phi) is 3.62. The van der Waals surface area contributed by atoms with Crippen molar-refractivity contribution in [3.63, 3.8) is 0 Å². The Balaban J connectivity index is 2.30. The fraction of sp³-hybridized carbons (Fsp3) is 0.385. The van der Waals surface area contributed by atoms with E-state index in [1.54, 1.807) is 23.2 Å². The first-order valence-corrected chi connectivity index (χ1v) is 5.98. The summed E-state index contributed by atoms with van der Waals surface area (Å²) in [5.74, 6) is -0.0736. The van der Waals surface area contributed by atoms with Gasteiger partial charge in [0.2, 0.25) is 0 Å². The van der Waals surface area contributed by atoms with E-state index in [2.05, 4.69) is 10.2 Å². The number of carbonyl (C=O) groups is 1. The number of H-pyrrole nitrogens is 1. The predicted molar refractivity (Wildman–Crippen MR) is 69.4 cm³/mol. The Labute approximate surface area is 105 Å². The molecule has 0 saturated heterocycles. The number of hydrogen-bond acceptors (Lipinski definition) is 3. The second-order valence-electron chi connectivity index (χ2n) is 4.49. The zero-order valence-electron chi connectivity index (χ0n) is 10.6. The number of benzene rings is 1. The topological polar surface area (TPSA) is 69.2 Å². The first kappa shape index (κ1) is 12.6. The Hall–Kier alpha value is -1.88. The molecule has 1 heterocycles. The van der Waals surface area contributed by atoms with E-state index in [0.717, 1.165) is 10.9 Å². The van der Waals surface area contributed by atoms with Crippen LogP contribution in [-0.4, -0.2) is 45.3 Å². The molecular formula is C13H17N3O2. The number of aliphatic hydroxyl groups excluding tert-OH is 1. The monoisotopic (exact) mass is 247 g/mol. The Morgan fingerprint density at radius 1 is 1.50 bits per heavy atom. The standard InChI is InChI=1S/C13H17N3O2/c1-9(2)16(5-6-17)13(18)10-3-4-11-8-14-15-12(11)7-10/h3-4,7-9,17H,5-6H2,1-2H3,(H,14,15). The van der Waals surface area contributed by atoms with Gasteiger partial charge in [-0.2, -0.15) is 5.10 Å². The van der Waals surface area contributed by atoms with Gasteiger partial charge in [0.15, 0.2) is 0 Å². The van der Waals surface area contributed by atoms with Gasteiger partial charge in [-0.3, -0.25) is 9.89 Å². The molecule has 2 N–H and O–H groups in total. The predicted octanol–water partition coefficient (Wildman–Crippen LogP) is 1.41. The normalized spacial score (nSPS) is 11.1. The van der Waals surface area contributed by atoms with Gasteiger partial charge in [0.25, 0.3) is 5.91 Å². The first-order valence-electron chi connectivity index (χ1n) is 5.98. The molecule has 1 amide bonds. The number of amides is 1. The highest BCUT2D eigenvalue weighted by Crippen LogP contribution is 2.15. The van der Waals surface area contributed by atoms with Crippen molar-refractivity contribution in [1.82, 2.24) is 15.1 Å². The van der Waals surface area contributed by atoms with Crippen LogP contribution in [0.1, 0.15) is 24.2 Å². The van der Waals surface area contributed by atoms with Crippen molar-refractivity contribution in [3.05, 3.63) is 30.0 Å². The number of aromatic nitrogens is 2. The minimum Gasteiger partial charge on any atom is -0.395 e. The Morgan fingerprint density at radius 3 is 2.94 bits per heavy atom. The molecule has 0 radical (unpaired) electrons. The van der Waals surface area contributed by atoms with Gasteiger partial charge in [-0.25, -0.2) is 0 Å². The molecule has 18 heavy (non-hydrogen) atoms. The maximum atomic E-state index is 12.3. The molecule has 2 aromatic rings. The smallest absolute Gasteiger partial charge is 0.254 e. The first-order chi connectivity index (χ1) is 8.63. The van der Waals surface area contributed by atoms with Crippen LogP contribution in [0, 0.1) is 0 Å². The molecule has 1 aromatic heterocycles. The minimum atomic E-state index is -0.0736. The third-order valence-electron chi connectivity index (χ3n) is 2.91. The van der Waals surface area contributed by atoms with E-state index in [-0.39, 0.29) is 18.6 Å². The summed E-state index contributed by atoms with van der Waals surface area (Å²) in [6.07, 6.45) is 1.72. The molecule has 0 atom stereocenters. The summed E-state index contributed by atoms with van der Waals surface area (Å²) in [6.45, 7) is 4.18. The zero-order valence-corrected chi connectivity index (χ0v) is 10.6. The lowest BCUT2D eigenvalue weighted by Gasteiger charge is -2.26. The van der Waals surface area contributed by atoms with Crippen molar-refractivity contribution < 1.29 is 9.90 Å². The van der Waals surface area contributed by atoms with Gasteiger partial charge in [0, 0.05) is 23.5 Å². The zero-order chi connectivity index (χ0) is 13.1. The molecule has 5 heteroatoms. The molecule has 0 bridgehead atoms. The highest BCUT2D eigenvalue weighted by molar-refractivity contribution is 5.97. The molecule has 0 aliphatic rings. The van der Waals surface area contributed by atoms with Crippen LogP contribution >= 0.6 is 0 Å². The minimum absolute atomic E-state index is 0.0315. The fourth-order valence-corrected chi connectivity index (χ4v) is 1.94. The van der Waals surface area contributed by atoms with Crippen molar-refractivity contribution in [2.45, 2.75) is 19.9 Å². The number of aromatic amines is 1. The van der Waals surface area contributed by atoms with Crippen LogP contribution in [-0.2, 0) is 0 Å². The summed E-state index contributed by atoms with van der Waals surface area (Å²) < 4.78 is 0. The van der Waals surface area contributed by atoms with E-state index in [4.69, 9.17) is 5.11 Å².